The number of oxime groups is 1. The number of carbonyl (C=O) groups is 1. The van der Waals surface area contributed by atoms with E-state index >= 15 is 0 Å². The first-order valence-electron chi connectivity index (χ1n) is 6.53. The van der Waals surface area contributed by atoms with Crippen LogP contribution in [0.3, 0.4) is 0 Å². The van der Waals surface area contributed by atoms with Crippen molar-refractivity contribution in [1.82, 2.24) is 0 Å². The molecule has 2 aromatic rings. The van der Waals surface area contributed by atoms with E-state index in [1.807, 2.05) is 24.3 Å². The van der Waals surface area contributed by atoms with Gasteiger partial charge in [-0.2, -0.15) is 0 Å². The van der Waals surface area contributed by atoms with Crippen molar-refractivity contribution in [2.75, 3.05) is 7.11 Å². The Kier molecular flexibility index (Phi) is 5.31. The molecule has 0 aliphatic heterocycles. The van der Waals surface area contributed by atoms with Gasteiger partial charge in [0.25, 0.3) is 0 Å². The summed E-state index contributed by atoms with van der Waals surface area (Å²) in [5.74, 6) is 0.699. The highest BCUT2D eigenvalue weighted by molar-refractivity contribution is 5.88. The number of hydrogen-bond acceptors (Lipinski definition) is 5. The van der Waals surface area contributed by atoms with E-state index in [0.29, 0.717) is 11.3 Å². The fourth-order valence-corrected chi connectivity index (χ4v) is 1.72. The molecule has 0 spiro atoms. The second-order valence-corrected chi connectivity index (χ2v) is 4.34. The maximum atomic E-state index is 11.7. The van der Waals surface area contributed by atoms with Crippen LogP contribution in [0, 0.1) is 0 Å². The Morgan fingerprint density at radius 3 is 2.18 bits per heavy atom. The standard InChI is InChI=1S/C17H15NO4/c1-21-15-7-2-13(3-8-15)6-11-17(19)22-16-9-4-14(5-10-16)12-18-20/h2-12,20H,1H3/b11-6+,18-12+. The lowest BCUT2D eigenvalue weighted by molar-refractivity contribution is -0.128. The summed E-state index contributed by atoms with van der Waals surface area (Å²) in [6, 6.07) is 13.9. The second-order valence-electron chi connectivity index (χ2n) is 4.34. The molecule has 0 saturated carbocycles. The zero-order valence-corrected chi connectivity index (χ0v) is 12.0. The van der Waals surface area contributed by atoms with Crippen LogP contribution in [0.5, 0.6) is 11.5 Å². The van der Waals surface area contributed by atoms with Crippen LogP contribution in [0.15, 0.2) is 59.8 Å². The first-order valence-corrected chi connectivity index (χ1v) is 6.53. The van der Waals surface area contributed by atoms with Gasteiger partial charge in [0.15, 0.2) is 0 Å². The van der Waals surface area contributed by atoms with Crippen molar-refractivity contribution >= 4 is 18.3 Å². The molecule has 0 aliphatic carbocycles. The second kappa shape index (κ2) is 7.64. The topological polar surface area (TPSA) is 68.1 Å². The third-order valence-electron chi connectivity index (χ3n) is 2.83. The van der Waals surface area contributed by atoms with E-state index in [2.05, 4.69) is 5.16 Å². The Morgan fingerprint density at radius 1 is 1.00 bits per heavy atom. The smallest absolute Gasteiger partial charge is 0.336 e. The SMILES string of the molecule is COc1ccc(/C=C/C(=O)Oc2ccc(/C=N/O)cc2)cc1. The quantitative estimate of drug-likeness (QED) is 0.230. The minimum atomic E-state index is -0.473. The Morgan fingerprint density at radius 2 is 1.59 bits per heavy atom. The van der Waals surface area contributed by atoms with Gasteiger partial charge in [0.2, 0.25) is 0 Å². The van der Waals surface area contributed by atoms with Gasteiger partial charge in [0, 0.05) is 6.08 Å². The van der Waals surface area contributed by atoms with E-state index in [1.165, 1.54) is 12.3 Å². The highest BCUT2D eigenvalue weighted by Gasteiger charge is 2.00. The van der Waals surface area contributed by atoms with Gasteiger partial charge in [-0.1, -0.05) is 17.3 Å². The van der Waals surface area contributed by atoms with E-state index < -0.39 is 5.97 Å². The summed E-state index contributed by atoms with van der Waals surface area (Å²) in [6.45, 7) is 0. The zero-order chi connectivity index (χ0) is 15.8. The molecule has 0 heterocycles. The van der Waals surface area contributed by atoms with Crippen molar-refractivity contribution < 1.29 is 19.5 Å². The summed E-state index contributed by atoms with van der Waals surface area (Å²) in [4.78, 5) is 11.7. The summed E-state index contributed by atoms with van der Waals surface area (Å²) >= 11 is 0. The molecule has 5 nitrogen and oxygen atoms in total. The van der Waals surface area contributed by atoms with Crippen molar-refractivity contribution in [3.63, 3.8) is 0 Å². The molecule has 0 unspecified atom stereocenters. The number of esters is 1. The molecular weight excluding hydrogens is 282 g/mol. The molecule has 0 radical (unpaired) electrons. The van der Waals surface area contributed by atoms with Crippen LogP contribution < -0.4 is 9.47 Å². The Bertz CT molecular complexity index is 673. The van der Waals surface area contributed by atoms with Gasteiger partial charge in [-0.05, 0) is 53.6 Å². The number of carbonyl (C=O) groups excluding carboxylic acids is 1. The van der Waals surface area contributed by atoms with Crippen molar-refractivity contribution in [2.45, 2.75) is 0 Å². The number of ether oxygens (including phenoxy) is 2. The van der Waals surface area contributed by atoms with Crippen LogP contribution in [-0.2, 0) is 4.79 Å². The summed E-state index contributed by atoms with van der Waals surface area (Å²) in [6.07, 6.45) is 4.30. The Balaban J connectivity index is 1.95. The largest absolute Gasteiger partial charge is 0.497 e. The summed E-state index contributed by atoms with van der Waals surface area (Å²) in [5, 5.41) is 11.3. The minimum absolute atomic E-state index is 0.416. The van der Waals surface area contributed by atoms with Crippen molar-refractivity contribution in [2.24, 2.45) is 5.16 Å². The van der Waals surface area contributed by atoms with E-state index in [0.717, 1.165) is 11.3 Å². The number of benzene rings is 2. The molecule has 22 heavy (non-hydrogen) atoms. The first kappa shape index (κ1) is 15.3. The molecule has 2 rings (SSSR count). The third kappa shape index (κ3) is 4.49. The van der Waals surface area contributed by atoms with Crippen LogP contribution in [0.2, 0.25) is 0 Å². The average molecular weight is 297 g/mol. The molecule has 5 heteroatoms. The monoisotopic (exact) mass is 297 g/mol. The Labute approximate surface area is 128 Å². The molecule has 0 saturated heterocycles. The predicted octanol–water partition coefficient (Wildman–Crippen LogP) is 3.12. The average Bonchev–Trinajstić information content (AvgIpc) is 2.55. The maximum Gasteiger partial charge on any atom is 0.336 e. The van der Waals surface area contributed by atoms with Gasteiger partial charge in [-0.3, -0.25) is 0 Å². The van der Waals surface area contributed by atoms with Crippen molar-refractivity contribution in [3.8, 4) is 11.5 Å². The molecule has 112 valence electrons. The molecule has 0 fully saturated rings. The van der Waals surface area contributed by atoms with E-state index in [-0.39, 0.29) is 0 Å². The fourth-order valence-electron chi connectivity index (χ4n) is 1.72. The molecule has 0 amide bonds. The predicted molar refractivity (Wildman–Crippen MR) is 83.5 cm³/mol. The highest BCUT2D eigenvalue weighted by Crippen LogP contribution is 2.14. The lowest BCUT2D eigenvalue weighted by Crippen LogP contribution is -2.03. The number of methoxy groups -OCH3 is 1. The summed E-state index contributed by atoms with van der Waals surface area (Å²) in [5.41, 5.74) is 1.57. The molecule has 1 N–H and O–H groups in total. The third-order valence-corrected chi connectivity index (χ3v) is 2.83. The van der Waals surface area contributed by atoms with Gasteiger partial charge in [-0.15, -0.1) is 0 Å². The molecule has 0 aliphatic rings. The highest BCUT2D eigenvalue weighted by atomic mass is 16.5. The van der Waals surface area contributed by atoms with Gasteiger partial charge >= 0.3 is 5.97 Å². The Hall–Kier alpha value is -3.08. The number of hydrogen-bond donors (Lipinski definition) is 1. The fraction of sp³-hybridized carbons (Fsp3) is 0.0588. The van der Waals surface area contributed by atoms with Gasteiger partial charge in [0.05, 0.1) is 13.3 Å². The van der Waals surface area contributed by atoms with Gasteiger partial charge < -0.3 is 14.7 Å². The summed E-state index contributed by atoms with van der Waals surface area (Å²) < 4.78 is 10.2. The maximum absolute atomic E-state index is 11.7. The van der Waals surface area contributed by atoms with Crippen LogP contribution in [0.25, 0.3) is 6.08 Å². The molecule has 2 aromatic carbocycles. The van der Waals surface area contributed by atoms with Crippen LogP contribution in [-0.4, -0.2) is 24.5 Å². The van der Waals surface area contributed by atoms with E-state index in [4.69, 9.17) is 14.7 Å². The molecule has 0 bridgehead atoms. The number of nitrogens with zero attached hydrogens (tertiary/aromatic N) is 1. The lowest BCUT2D eigenvalue weighted by Gasteiger charge is -2.01. The van der Waals surface area contributed by atoms with E-state index in [1.54, 1.807) is 37.5 Å². The lowest BCUT2D eigenvalue weighted by atomic mass is 10.2. The van der Waals surface area contributed by atoms with Crippen molar-refractivity contribution in [3.05, 3.63) is 65.7 Å². The van der Waals surface area contributed by atoms with Gasteiger partial charge in [-0.25, -0.2) is 4.79 Å². The van der Waals surface area contributed by atoms with Gasteiger partial charge in [0.1, 0.15) is 11.5 Å². The van der Waals surface area contributed by atoms with Crippen molar-refractivity contribution in [1.29, 1.82) is 0 Å². The van der Waals surface area contributed by atoms with Crippen LogP contribution >= 0.6 is 0 Å². The van der Waals surface area contributed by atoms with E-state index in [9.17, 15) is 4.79 Å². The molecule has 0 aromatic heterocycles. The first-order chi connectivity index (χ1) is 10.7. The number of rotatable bonds is 5. The normalized spacial score (nSPS) is 11.0. The molecule has 0 atom stereocenters. The summed E-state index contributed by atoms with van der Waals surface area (Å²) in [7, 11) is 1.60. The minimum Gasteiger partial charge on any atom is -0.497 e. The molecular formula is C17H15NO4. The van der Waals surface area contributed by atoms with Crippen LogP contribution in [0.1, 0.15) is 11.1 Å². The van der Waals surface area contributed by atoms with Crippen LogP contribution in [0.4, 0.5) is 0 Å². The zero-order valence-electron chi connectivity index (χ0n) is 12.0.